The van der Waals surface area contributed by atoms with Gasteiger partial charge in [0.05, 0.1) is 16.4 Å². The van der Waals surface area contributed by atoms with E-state index in [1.165, 1.54) is 6.08 Å². The molecule has 0 saturated carbocycles. The normalized spacial score (nSPS) is 11.1. The van der Waals surface area contributed by atoms with Gasteiger partial charge in [0, 0.05) is 29.0 Å². The van der Waals surface area contributed by atoms with Gasteiger partial charge in [-0.05, 0) is 65.7 Å². The van der Waals surface area contributed by atoms with Crippen molar-refractivity contribution in [3.8, 4) is 11.1 Å². The van der Waals surface area contributed by atoms with Crippen molar-refractivity contribution in [2.45, 2.75) is 6.54 Å². The maximum Gasteiger partial charge on any atom is 0.247 e. The third kappa shape index (κ3) is 6.30. The number of nitrogens with one attached hydrogen (secondary N) is 2. The molecule has 4 aromatic rings. The Hall–Kier alpha value is -4.13. The number of pyridine rings is 1. The second kappa shape index (κ2) is 11.5. The maximum atomic E-state index is 11.7. The summed E-state index contributed by atoms with van der Waals surface area (Å²) in [5.41, 5.74) is 11.4. The third-order valence-corrected chi connectivity index (χ3v) is 5.89. The molecule has 0 atom stereocenters. The van der Waals surface area contributed by atoms with E-state index in [9.17, 15) is 4.79 Å². The molecule has 4 N–H and O–H groups in total. The number of hydrogen-bond acceptors (Lipinski definition) is 4. The number of aliphatic imine (C=N–C) groups is 1. The molecular weight excluding hydrogens is 493 g/mol. The van der Waals surface area contributed by atoms with Crippen LogP contribution in [0.1, 0.15) is 11.3 Å². The average Bonchev–Trinajstić information content (AvgIpc) is 2.89. The number of amides is 1. The van der Waals surface area contributed by atoms with Gasteiger partial charge < -0.3 is 16.4 Å². The molecule has 1 heterocycles. The minimum Gasteiger partial charge on any atom is -0.382 e. The van der Waals surface area contributed by atoms with Crippen molar-refractivity contribution in [3.63, 3.8) is 0 Å². The van der Waals surface area contributed by atoms with Crippen molar-refractivity contribution in [1.29, 1.82) is 0 Å². The highest BCUT2D eigenvalue weighted by Crippen LogP contribution is 2.36. The van der Waals surface area contributed by atoms with Crippen LogP contribution >= 0.6 is 23.2 Å². The van der Waals surface area contributed by atoms with Crippen LogP contribution in [0.3, 0.4) is 0 Å². The molecule has 180 valence electrons. The first-order valence-electron chi connectivity index (χ1n) is 11.0. The first kappa shape index (κ1) is 25.0. The lowest BCUT2D eigenvalue weighted by molar-refractivity contribution is -0.111. The van der Waals surface area contributed by atoms with Crippen LogP contribution in [0.5, 0.6) is 0 Å². The summed E-state index contributed by atoms with van der Waals surface area (Å²) < 4.78 is 0. The number of carbonyl (C=O) groups excluding carboxylic acids is 1. The number of amidine groups is 1. The molecule has 0 aliphatic rings. The molecule has 1 amide bonds. The second-order valence-corrected chi connectivity index (χ2v) is 8.64. The van der Waals surface area contributed by atoms with Crippen LogP contribution in [0.2, 0.25) is 10.0 Å². The van der Waals surface area contributed by atoms with Gasteiger partial charge in [0.1, 0.15) is 11.5 Å². The van der Waals surface area contributed by atoms with E-state index >= 15 is 0 Å². The van der Waals surface area contributed by atoms with E-state index in [4.69, 9.17) is 28.9 Å². The van der Waals surface area contributed by atoms with Crippen molar-refractivity contribution >= 4 is 52.0 Å². The van der Waals surface area contributed by atoms with Gasteiger partial charge in [-0.3, -0.25) is 9.78 Å². The lowest BCUT2D eigenvalue weighted by Crippen LogP contribution is -2.14. The van der Waals surface area contributed by atoms with Crippen molar-refractivity contribution < 1.29 is 4.79 Å². The van der Waals surface area contributed by atoms with Crippen LogP contribution in [-0.2, 0) is 11.3 Å². The monoisotopic (exact) mass is 515 g/mol. The number of anilines is 2. The van der Waals surface area contributed by atoms with E-state index in [1.54, 1.807) is 12.3 Å². The topological polar surface area (TPSA) is 92.4 Å². The standard InChI is InChI=1S/C28H23Cl2N5O/c1-2-26(36)35-24-8-5-6-23(27(24)30)19-14-20(29)16-22(15-19)33-17-18-9-11-21(12-10-18)34-28(31)25-7-3-4-13-32-25/h2-16,33H,1,17H2,(H2,31,34)(H,35,36). The Bertz CT molecular complexity index is 1420. The van der Waals surface area contributed by atoms with Gasteiger partial charge in [0.2, 0.25) is 5.91 Å². The number of hydrogen-bond donors (Lipinski definition) is 3. The Morgan fingerprint density at radius 1 is 1.03 bits per heavy atom. The molecule has 3 aromatic carbocycles. The largest absolute Gasteiger partial charge is 0.382 e. The van der Waals surface area contributed by atoms with Crippen LogP contribution in [0, 0.1) is 0 Å². The summed E-state index contributed by atoms with van der Waals surface area (Å²) in [5.74, 6) is 0.0262. The van der Waals surface area contributed by atoms with Gasteiger partial charge in [-0.2, -0.15) is 0 Å². The molecule has 0 spiro atoms. The number of nitrogens with two attached hydrogens (primary N) is 1. The van der Waals surface area contributed by atoms with Gasteiger partial charge in [0.15, 0.2) is 0 Å². The van der Waals surface area contributed by atoms with Crippen LogP contribution in [0.4, 0.5) is 17.1 Å². The van der Waals surface area contributed by atoms with Crippen molar-refractivity contribution in [2.75, 3.05) is 10.6 Å². The Kier molecular flexibility index (Phi) is 8.00. The zero-order valence-corrected chi connectivity index (χ0v) is 20.7. The Morgan fingerprint density at radius 3 is 2.56 bits per heavy atom. The number of carbonyl (C=O) groups is 1. The molecule has 36 heavy (non-hydrogen) atoms. The van der Waals surface area contributed by atoms with E-state index in [0.29, 0.717) is 33.8 Å². The third-order valence-electron chi connectivity index (χ3n) is 5.26. The molecule has 8 heteroatoms. The molecule has 0 bridgehead atoms. The molecule has 0 unspecified atom stereocenters. The lowest BCUT2D eigenvalue weighted by Gasteiger charge is -2.13. The van der Waals surface area contributed by atoms with Gasteiger partial charge in [-0.25, -0.2) is 4.99 Å². The summed E-state index contributed by atoms with van der Waals surface area (Å²) in [5, 5.41) is 7.08. The molecule has 6 nitrogen and oxygen atoms in total. The predicted molar refractivity (Wildman–Crippen MR) is 149 cm³/mol. The molecule has 1 aromatic heterocycles. The summed E-state index contributed by atoms with van der Waals surface area (Å²) in [4.78, 5) is 20.4. The number of rotatable bonds is 8. The van der Waals surface area contributed by atoms with Crippen molar-refractivity contribution in [3.05, 3.63) is 119 Å². The summed E-state index contributed by atoms with van der Waals surface area (Å²) >= 11 is 13.0. The van der Waals surface area contributed by atoms with E-state index in [-0.39, 0.29) is 5.91 Å². The zero-order valence-electron chi connectivity index (χ0n) is 19.2. The first-order chi connectivity index (χ1) is 17.4. The summed E-state index contributed by atoms with van der Waals surface area (Å²) in [6.45, 7) is 4.04. The van der Waals surface area contributed by atoms with Gasteiger partial charge >= 0.3 is 0 Å². The summed E-state index contributed by atoms with van der Waals surface area (Å²) in [6.07, 6.45) is 2.87. The van der Waals surface area contributed by atoms with Crippen LogP contribution in [0.15, 0.2) is 103 Å². The number of benzene rings is 3. The molecule has 0 fully saturated rings. The Labute approximate surface area is 219 Å². The van der Waals surface area contributed by atoms with Gasteiger partial charge in [0.25, 0.3) is 0 Å². The Morgan fingerprint density at radius 2 is 1.83 bits per heavy atom. The second-order valence-electron chi connectivity index (χ2n) is 7.82. The molecule has 4 rings (SSSR count). The van der Waals surface area contributed by atoms with E-state index < -0.39 is 0 Å². The number of halogens is 2. The average molecular weight is 516 g/mol. The van der Waals surface area contributed by atoms with E-state index in [1.807, 2.05) is 72.8 Å². The molecule has 0 aliphatic carbocycles. The molecule has 0 aliphatic heterocycles. The molecule has 0 radical (unpaired) electrons. The minimum absolute atomic E-state index is 0.335. The van der Waals surface area contributed by atoms with Crippen LogP contribution < -0.4 is 16.4 Å². The number of aromatic nitrogens is 1. The highest BCUT2D eigenvalue weighted by atomic mass is 35.5. The van der Waals surface area contributed by atoms with Crippen LogP contribution in [0.25, 0.3) is 11.1 Å². The SMILES string of the molecule is C=CC(=O)Nc1cccc(-c2cc(Cl)cc(NCc3ccc(N=C(N)c4ccccn4)cc3)c2)c1Cl. The van der Waals surface area contributed by atoms with E-state index in [0.717, 1.165) is 28.1 Å². The maximum absolute atomic E-state index is 11.7. The zero-order chi connectivity index (χ0) is 25.5. The number of nitrogens with zero attached hydrogens (tertiary/aromatic N) is 2. The summed E-state index contributed by atoms with van der Waals surface area (Å²) in [6, 6.07) is 24.3. The first-order valence-corrected chi connectivity index (χ1v) is 11.8. The van der Waals surface area contributed by atoms with Crippen molar-refractivity contribution in [1.82, 2.24) is 4.98 Å². The molecule has 0 saturated heterocycles. The van der Waals surface area contributed by atoms with E-state index in [2.05, 4.69) is 27.2 Å². The van der Waals surface area contributed by atoms with Crippen molar-refractivity contribution in [2.24, 2.45) is 10.7 Å². The quantitative estimate of drug-likeness (QED) is 0.136. The minimum atomic E-state index is -0.335. The Balaban J connectivity index is 1.48. The fourth-order valence-electron chi connectivity index (χ4n) is 3.49. The van der Waals surface area contributed by atoms with Crippen LogP contribution in [-0.4, -0.2) is 16.7 Å². The highest BCUT2D eigenvalue weighted by molar-refractivity contribution is 6.37. The smallest absolute Gasteiger partial charge is 0.247 e. The summed E-state index contributed by atoms with van der Waals surface area (Å²) in [7, 11) is 0. The predicted octanol–water partition coefficient (Wildman–Crippen LogP) is 6.83. The fraction of sp³-hybridized carbons (Fsp3) is 0.0357. The lowest BCUT2D eigenvalue weighted by atomic mass is 10.0. The van der Waals surface area contributed by atoms with Gasteiger partial charge in [-0.1, -0.05) is 60.1 Å². The van der Waals surface area contributed by atoms with Gasteiger partial charge in [-0.15, -0.1) is 0 Å². The fourth-order valence-corrected chi connectivity index (χ4v) is 4.00. The highest BCUT2D eigenvalue weighted by Gasteiger charge is 2.11. The molecular formula is C28H23Cl2N5O.